The molecule has 0 spiro atoms. The number of benzene rings is 2. The highest BCUT2D eigenvalue weighted by molar-refractivity contribution is 7.99. The highest BCUT2D eigenvalue weighted by Crippen LogP contribution is 2.53. The summed E-state index contributed by atoms with van der Waals surface area (Å²) in [5.41, 5.74) is 1.95. The third-order valence-corrected chi connectivity index (χ3v) is 6.10. The van der Waals surface area contributed by atoms with Gasteiger partial charge in [-0.25, -0.2) is 0 Å². The smallest absolute Gasteiger partial charge is 0.141 e. The molecule has 0 bridgehead atoms. The average Bonchev–Trinajstić information content (AvgIpc) is 2.64. The number of methoxy groups -OCH3 is 2. The van der Waals surface area contributed by atoms with Crippen LogP contribution in [0.2, 0.25) is 0 Å². The molecule has 0 radical (unpaired) electrons. The molecule has 0 amide bonds. The summed E-state index contributed by atoms with van der Waals surface area (Å²) in [6.45, 7) is 2.05. The summed E-state index contributed by atoms with van der Waals surface area (Å²) in [4.78, 5) is 1.06. The van der Waals surface area contributed by atoms with Crippen molar-refractivity contribution >= 4 is 11.8 Å². The quantitative estimate of drug-likeness (QED) is 0.837. The fourth-order valence-corrected chi connectivity index (χ4v) is 4.60. The van der Waals surface area contributed by atoms with Crippen molar-refractivity contribution in [3.8, 4) is 23.8 Å². The number of aliphatic hydroxyl groups is 1. The number of rotatable bonds is 4. The zero-order chi connectivity index (χ0) is 18.0. The van der Waals surface area contributed by atoms with Crippen LogP contribution in [0.5, 0.6) is 11.5 Å². The number of fused-ring (bicyclic) bond motifs is 1. The van der Waals surface area contributed by atoms with E-state index in [0.717, 1.165) is 27.5 Å². The van der Waals surface area contributed by atoms with Crippen molar-refractivity contribution < 1.29 is 14.6 Å². The van der Waals surface area contributed by atoms with E-state index in [-0.39, 0.29) is 5.25 Å². The lowest BCUT2D eigenvalue weighted by Crippen LogP contribution is -2.37. The summed E-state index contributed by atoms with van der Waals surface area (Å²) in [5, 5.41) is 10.8. The van der Waals surface area contributed by atoms with Crippen LogP contribution in [0.1, 0.15) is 28.4 Å². The minimum atomic E-state index is -1.23. The van der Waals surface area contributed by atoms with Gasteiger partial charge in [0.15, 0.2) is 0 Å². The van der Waals surface area contributed by atoms with Crippen LogP contribution in [-0.4, -0.2) is 24.9 Å². The molecule has 2 aromatic carbocycles. The Morgan fingerprint density at radius 2 is 1.76 bits per heavy atom. The Bertz CT molecular complexity index is 807. The van der Waals surface area contributed by atoms with Gasteiger partial charge in [0.05, 0.1) is 19.5 Å². The minimum absolute atomic E-state index is 0.325. The van der Waals surface area contributed by atoms with Gasteiger partial charge >= 0.3 is 0 Å². The summed E-state index contributed by atoms with van der Waals surface area (Å²) in [6, 6.07) is 12.0. The van der Waals surface area contributed by atoms with Crippen LogP contribution >= 0.6 is 11.8 Å². The Hall–Kier alpha value is -2.09. The molecule has 1 N–H and O–H groups in total. The Kier molecular flexibility index (Phi) is 4.99. The first kappa shape index (κ1) is 17.7. The predicted octanol–water partition coefficient (Wildman–Crippen LogP) is 4.16. The standard InChI is InChI=1S/C21H22O3S/c1-5-21(22)13-12-16-17(23-3)10-11-18(24-4)19(16)20(21)25-15-8-6-14(2)7-9-15/h1,6-11,20,22H,12-13H2,2-4H3/t20-,21-/m1/s1. The molecule has 2 aromatic rings. The van der Waals surface area contributed by atoms with Gasteiger partial charge in [0.25, 0.3) is 0 Å². The van der Waals surface area contributed by atoms with E-state index in [0.29, 0.717) is 12.8 Å². The lowest BCUT2D eigenvalue weighted by atomic mass is 9.79. The summed E-state index contributed by atoms with van der Waals surface area (Å²) in [7, 11) is 3.30. The topological polar surface area (TPSA) is 38.7 Å². The molecule has 130 valence electrons. The second-order valence-electron chi connectivity index (χ2n) is 6.24. The number of ether oxygens (including phenoxy) is 2. The number of terminal acetylenes is 1. The zero-order valence-electron chi connectivity index (χ0n) is 14.7. The second kappa shape index (κ2) is 7.03. The molecule has 0 aliphatic heterocycles. The number of thioether (sulfide) groups is 1. The summed E-state index contributed by atoms with van der Waals surface area (Å²) >= 11 is 1.57. The van der Waals surface area contributed by atoms with Crippen LogP contribution in [-0.2, 0) is 6.42 Å². The lowest BCUT2D eigenvalue weighted by molar-refractivity contribution is 0.0816. The molecular formula is C21H22O3S. The van der Waals surface area contributed by atoms with Gasteiger partial charge in [-0.2, -0.15) is 0 Å². The van der Waals surface area contributed by atoms with Crippen molar-refractivity contribution in [3.63, 3.8) is 0 Å². The highest BCUT2D eigenvalue weighted by atomic mass is 32.2. The van der Waals surface area contributed by atoms with Gasteiger partial charge in [0.1, 0.15) is 17.1 Å². The predicted molar refractivity (Wildman–Crippen MR) is 101 cm³/mol. The van der Waals surface area contributed by atoms with Crippen molar-refractivity contribution in [1.29, 1.82) is 0 Å². The molecule has 0 saturated heterocycles. The fourth-order valence-electron chi connectivity index (χ4n) is 3.28. The molecule has 0 fully saturated rings. The Morgan fingerprint density at radius 3 is 2.36 bits per heavy atom. The Balaban J connectivity index is 2.13. The molecule has 25 heavy (non-hydrogen) atoms. The molecule has 3 nitrogen and oxygen atoms in total. The van der Waals surface area contributed by atoms with E-state index >= 15 is 0 Å². The van der Waals surface area contributed by atoms with Crippen LogP contribution in [0.25, 0.3) is 0 Å². The molecule has 3 rings (SSSR count). The third-order valence-electron chi connectivity index (χ3n) is 4.69. The van der Waals surface area contributed by atoms with Crippen LogP contribution in [0.4, 0.5) is 0 Å². The third kappa shape index (κ3) is 3.22. The number of hydrogen-bond donors (Lipinski definition) is 1. The van der Waals surface area contributed by atoms with Crippen LogP contribution in [0.15, 0.2) is 41.3 Å². The summed E-state index contributed by atoms with van der Waals surface area (Å²) in [5.74, 6) is 4.17. The van der Waals surface area contributed by atoms with E-state index in [4.69, 9.17) is 15.9 Å². The van der Waals surface area contributed by atoms with Gasteiger partial charge in [0.2, 0.25) is 0 Å². The van der Waals surface area contributed by atoms with Gasteiger partial charge in [-0.05, 0) is 44.0 Å². The molecule has 0 saturated carbocycles. The van der Waals surface area contributed by atoms with Crippen LogP contribution in [0, 0.1) is 19.3 Å². The summed E-state index contributed by atoms with van der Waals surface area (Å²) in [6.07, 6.45) is 6.88. The molecule has 1 aliphatic carbocycles. The van der Waals surface area contributed by atoms with Crippen LogP contribution in [0.3, 0.4) is 0 Å². The van der Waals surface area contributed by atoms with E-state index in [1.807, 2.05) is 12.1 Å². The van der Waals surface area contributed by atoms with Gasteiger partial charge in [-0.15, -0.1) is 18.2 Å². The first-order valence-corrected chi connectivity index (χ1v) is 9.07. The monoisotopic (exact) mass is 354 g/mol. The molecule has 2 atom stereocenters. The average molecular weight is 354 g/mol. The first-order chi connectivity index (χ1) is 12.0. The van der Waals surface area contributed by atoms with Gasteiger partial charge in [-0.1, -0.05) is 23.6 Å². The molecular weight excluding hydrogens is 332 g/mol. The largest absolute Gasteiger partial charge is 0.496 e. The normalized spacial score (nSPS) is 22.0. The second-order valence-corrected chi connectivity index (χ2v) is 7.42. The molecule has 1 aliphatic rings. The van der Waals surface area contributed by atoms with Crippen molar-refractivity contribution in [1.82, 2.24) is 0 Å². The molecule has 0 aromatic heterocycles. The minimum Gasteiger partial charge on any atom is -0.496 e. The fraction of sp³-hybridized carbons (Fsp3) is 0.333. The van der Waals surface area contributed by atoms with E-state index in [2.05, 4.69) is 37.1 Å². The van der Waals surface area contributed by atoms with Gasteiger partial charge in [0, 0.05) is 16.0 Å². The maximum absolute atomic E-state index is 11.1. The lowest BCUT2D eigenvalue weighted by Gasteiger charge is -2.38. The first-order valence-electron chi connectivity index (χ1n) is 8.19. The zero-order valence-corrected chi connectivity index (χ0v) is 15.5. The van der Waals surface area contributed by atoms with Gasteiger partial charge < -0.3 is 14.6 Å². The molecule has 4 heteroatoms. The van der Waals surface area contributed by atoms with E-state index < -0.39 is 5.60 Å². The molecule has 0 heterocycles. The highest BCUT2D eigenvalue weighted by Gasteiger charge is 2.44. The number of aryl methyl sites for hydroxylation is 1. The van der Waals surface area contributed by atoms with Crippen molar-refractivity contribution in [3.05, 3.63) is 53.1 Å². The van der Waals surface area contributed by atoms with E-state index in [9.17, 15) is 5.11 Å². The number of hydrogen-bond acceptors (Lipinski definition) is 4. The molecule has 0 unspecified atom stereocenters. The summed E-state index contributed by atoms with van der Waals surface area (Å²) < 4.78 is 11.1. The SMILES string of the molecule is C#C[C@@]1(O)CCc2c(OC)ccc(OC)c2[C@H]1Sc1ccc(C)cc1. The van der Waals surface area contributed by atoms with E-state index in [1.165, 1.54) is 5.56 Å². The van der Waals surface area contributed by atoms with Crippen molar-refractivity contribution in [2.24, 2.45) is 0 Å². The van der Waals surface area contributed by atoms with Crippen molar-refractivity contribution in [2.45, 2.75) is 35.5 Å². The van der Waals surface area contributed by atoms with Crippen LogP contribution < -0.4 is 9.47 Å². The Labute approximate surface area is 153 Å². The Morgan fingerprint density at radius 1 is 1.12 bits per heavy atom. The van der Waals surface area contributed by atoms with E-state index in [1.54, 1.807) is 26.0 Å². The van der Waals surface area contributed by atoms with Gasteiger partial charge in [-0.3, -0.25) is 0 Å². The maximum Gasteiger partial charge on any atom is 0.141 e. The maximum atomic E-state index is 11.1. The van der Waals surface area contributed by atoms with Crippen molar-refractivity contribution in [2.75, 3.05) is 14.2 Å².